The van der Waals surface area contributed by atoms with Crippen molar-refractivity contribution in [3.8, 4) is 0 Å². The fraction of sp³-hybridized carbons (Fsp3) is 0.552. The minimum atomic E-state index is 0.0652. The summed E-state index contributed by atoms with van der Waals surface area (Å²) in [5.74, 6) is 0.962. The highest BCUT2D eigenvalue weighted by Gasteiger charge is 2.41. The van der Waals surface area contributed by atoms with Gasteiger partial charge in [-0.1, -0.05) is 43.5 Å². The second-order valence-electron chi connectivity index (χ2n) is 11.0. The van der Waals surface area contributed by atoms with Gasteiger partial charge in [-0.15, -0.1) is 0 Å². The molecule has 0 atom stereocenters. The van der Waals surface area contributed by atoms with Gasteiger partial charge in [0.15, 0.2) is 5.78 Å². The summed E-state index contributed by atoms with van der Waals surface area (Å²) in [4.78, 5) is 22.4. The molecule has 2 fully saturated rings. The lowest BCUT2D eigenvalue weighted by atomic mass is 9.75. The first kappa shape index (κ1) is 22.7. The molecule has 184 valence electrons. The average molecular weight is 472 g/mol. The van der Waals surface area contributed by atoms with E-state index >= 15 is 0 Å². The largest absolute Gasteiger partial charge is 0.351 e. The third kappa shape index (κ3) is 4.37. The first-order valence-corrected chi connectivity index (χ1v) is 13.6. The number of nitrogens with one attached hydrogen (secondary N) is 2. The van der Waals surface area contributed by atoms with Crippen LogP contribution in [0, 0.1) is 6.92 Å². The maximum atomic E-state index is 12.8. The number of aromatic nitrogens is 3. The maximum Gasteiger partial charge on any atom is 0.224 e. The highest BCUT2D eigenvalue weighted by Crippen LogP contribution is 2.45. The van der Waals surface area contributed by atoms with Crippen LogP contribution in [-0.4, -0.2) is 32.4 Å². The Morgan fingerprint density at radius 2 is 1.80 bits per heavy atom. The molecule has 0 unspecified atom stereocenters. The van der Waals surface area contributed by atoms with E-state index in [1.54, 1.807) is 0 Å². The number of Topliss-reactive ketones (excluding diaryl/α,β-unsaturated/α-hetero) is 1. The highest BCUT2D eigenvalue weighted by molar-refractivity contribution is 6.00. The summed E-state index contributed by atoms with van der Waals surface area (Å²) in [7, 11) is 0. The topological polar surface area (TPSA) is 71.8 Å². The Morgan fingerprint density at radius 3 is 2.60 bits per heavy atom. The standard InChI is InChI=1S/C29H37N5O/c1-20-7-3-4-8-21(20)18-30-23-9-11-24(12-10-23)32-28-31-19-22-17-25-26(35)13-16-29(14-5-2-6-15-29)34(25)27(22)33-28/h3-4,7-8,17,19,23-24,30H,2,5-6,9-16,18H2,1H3,(H,31,32,33). The third-order valence-electron chi connectivity index (χ3n) is 8.81. The van der Waals surface area contributed by atoms with Crippen LogP contribution in [0.1, 0.15) is 92.2 Å². The van der Waals surface area contributed by atoms with Gasteiger partial charge < -0.3 is 15.2 Å². The van der Waals surface area contributed by atoms with E-state index in [0.29, 0.717) is 24.5 Å². The normalized spacial score (nSPS) is 24.0. The van der Waals surface area contributed by atoms with Gasteiger partial charge in [0.25, 0.3) is 0 Å². The van der Waals surface area contributed by atoms with Crippen LogP contribution in [0.25, 0.3) is 11.0 Å². The first-order valence-electron chi connectivity index (χ1n) is 13.6. The number of carbonyl (C=O) groups excluding carboxylic acids is 1. The van der Waals surface area contributed by atoms with Crippen LogP contribution in [0.2, 0.25) is 0 Å². The number of ketones is 1. The molecule has 3 aromatic rings. The number of anilines is 1. The average Bonchev–Trinajstić information content (AvgIpc) is 3.28. The summed E-state index contributed by atoms with van der Waals surface area (Å²) in [6.45, 7) is 3.12. The summed E-state index contributed by atoms with van der Waals surface area (Å²) < 4.78 is 2.31. The fourth-order valence-corrected chi connectivity index (χ4v) is 6.70. The van der Waals surface area contributed by atoms with E-state index < -0.39 is 0 Å². The van der Waals surface area contributed by atoms with Crippen molar-refractivity contribution in [3.05, 3.63) is 53.3 Å². The molecule has 1 spiro atoms. The fourth-order valence-electron chi connectivity index (χ4n) is 6.70. The number of aryl methyl sites for hydroxylation is 1. The summed E-state index contributed by atoms with van der Waals surface area (Å²) >= 11 is 0. The van der Waals surface area contributed by atoms with Gasteiger partial charge in [-0.2, -0.15) is 4.98 Å². The number of nitrogens with zero attached hydrogens (tertiary/aromatic N) is 3. The van der Waals surface area contributed by atoms with Crippen molar-refractivity contribution in [2.75, 3.05) is 5.32 Å². The molecular weight excluding hydrogens is 434 g/mol. The molecular formula is C29H37N5O. The van der Waals surface area contributed by atoms with Crippen LogP contribution in [0.4, 0.5) is 5.95 Å². The molecule has 2 N–H and O–H groups in total. The van der Waals surface area contributed by atoms with Gasteiger partial charge >= 0.3 is 0 Å². The van der Waals surface area contributed by atoms with E-state index in [1.165, 1.54) is 30.4 Å². The van der Waals surface area contributed by atoms with Gasteiger partial charge in [-0.05, 0) is 69.1 Å². The number of fused-ring (bicyclic) bond motifs is 4. The Bertz CT molecular complexity index is 1220. The van der Waals surface area contributed by atoms with Gasteiger partial charge in [0.05, 0.1) is 5.69 Å². The van der Waals surface area contributed by atoms with E-state index in [0.717, 1.165) is 68.2 Å². The minimum Gasteiger partial charge on any atom is -0.351 e. The smallest absolute Gasteiger partial charge is 0.224 e. The molecule has 2 aliphatic carbocycles. The van der Waals surface area contributed by atoms with Crippen molar-refractivity contribution < 1.29 is 4.79 Å². The minimum absolute atomic E-state index is 0.0652. The Morgan fingerprint density at radius 1 is 1.03 bits per heavy atom. The first-order chi connectivity index (χ1) is 17.1. The molecule has 6 nitrogen and oxygen atoms in total. The monoisotopic (exact) mass is 471 g/mol. The lowest BCUT2D eigenvalue weighted by Crippen LogP contribution is -2.41. The van der Waals surface area contributed by atoms with Crippen molar-refractivity contribution in [2.45, 2.75) is 102 Å². The van der Waals surface area contributed by atoms with Crippen molar-refractivity contribution in [1.29, 1.82) is 0 Å². The Kier molecular flexibility index (Phi) is 6.09. The van der Waals surface area contributed by atoms with Gasteiger partial charge in [0.2, 0.25) is 5.95 Å². The number of rotatable bonds is 5. The molecule has 3 aliphatic rings. The van der Waals surface area contributed by atoms with Crippen molar-refractivity contribution in [2.24, 2.45) is 0 Å². The molecule has 6 heteroatoms. The quantitative estimate of drug-likeness (QED) is 0.486. The molecule has 3 heterocycles. The van der Waals surface area contributed by atoms with Crippen molar-refractivity contribution in [3.63, 3.8) is 0 Å². The second-order valence-corrected chi connectivity index (χ2v) is 11.0. The van der Waals surface area contributed by atoms with Crippen LogP contribution < -0.4 is 10.6 Å². The molecule has 0 saturated heterocycles. The van der Waals surface area contributed by atoms with Crippen LogP contribution in [-0.2, 0) is 12.1 Å². The number of carbonyl (C=O) groups is 1. The van der Waals surface area contributed by atoms with E-state index in [1.807, 2.05) is 12.3 Å². The van der Waals surface area contributed by atoms with Gasteiger partial charge in [0.1, 0.15) is 5.65 Å². The highest BCUT2D eigenvalue weighted by atomic mass is 16.1. The zero-order chi connectivity index (χ0) is 23.8. The predicted molar refractivity (Wildman–Crippen MR) is 140 cm³/mol. The summed E-state index contributed by atoms with van der Waals surface area (Å²) in [5, 5.41) is 8.38. The second kappa shape index (κ2) is 9.38. The van der Waals surface area contributed by atoms with E-state index in [-0.39, 0.29) is 11.3 Å². The van der Waals surface area contributed by atoms with Gasteiger partial charge in [-0.3, -0.25) is 4.79 Å². The third-order valence-corrected chi connectivity index (χ3v) is 8.81. The Labute approximate surface area is 207 Å². The lowest BCUT2D eigenvalue weighted by molar-refractivity contribution is 0.0852. The molecule has 1 aliphatic heterocycles. The maximum absolute atomic E-state index is 12.8. The molecule has 0 radical (unpaired) electrons. The van der Waals surface area contributed by atoms with Crippen LogP contribution >= 0.6 is 0 Å². The molecule has 2 saturated carbocycles. The van der Waals surface area contributed by atoms with Crippen LogP contribution in [0.15, 0.2) is 36.5 Å². The van der Waals surface area contributed by atoms with E-state index in [9.17, 15) is 4.79 Å². The molecule has 0 amide bonds. The zero-order valence-corrected chi connectivity index (χ0v) is 20.9. The Balaban J connectivity index is 1.14. The number of benzene rings is 1. The molecule has 2 aromatic heterocycles. The summed E-state index contributed by atoms with van der Waals surface area (Å²) in [6.07, 6.45) is 14.2. The predicted octanol–water partition coefficient (Wildman–Crippen LogP) is 5.89. The van der Waals surface area contributed by atoms with Crippen molar-refractivity contribution >= 4 is 22.8 Å². The van der Waals surface area contributed by atoms with Gasteiger partial charge in [-0.25, -0.2) is 4.98 Å². The zero-order valence-electron chi connectivity index (χ0n) is 20.9. The molecule has 1 aromatic carbocycles. The van der Waals surface area contributed by atoms with Crippen molar-refractivity contribution in [1.82, 2.24) is 19.9 Å². The summed E-state index contributed by atoms with van der Waals surface area (Å²) in [6, 6.07) is 11.6. The van der Waals surface area contributed by atoms with Crippen LogP contribution in [0.3, 0.4) is 0 Å². The molecule has 35 heavy (non-hydrogen) atoms. The van der Waals surface area contributed by atoms with Gasteiger partial charge in [0, 0.05) is 42.2 Å². The molecule has 0 bridgehead atoms. The van der Waals surface area contributed by atoms with Crippen LogP contribution in [0.5, 0.6) is 0 Å². The SMILES string of the molecule is Cc1ccccc1CNC1CCC(Nc2ncc3cc4n(c3n2)C2(CCCCC2)CCC4=O)CC1. The number of hydrogen-bond donors (Lipinski definition) is 2. The molecule has 6 rings (SSSR count). The lowest BCUT2D eigenvalue weighted by Gasteiger charge is -2.42. The van der Waals surface area contributed by atoms with E-state index in [4.69, 9.17) is 4.98 Å². The summed E-state index contributed by atoms with van der Waals surface area (Å²) in [5.41, 5.74) is 4.60. The van der Waals surface area contributed by atoms with E-state index in [2.05, 4.69) is 51.4 Å². The number of hydrogen-bond acceptors (Lipinski definition) is 5. The Hall–Kier alpha value is -2.73.